The Morgan fingerprint density at radius 3 is 2.58 bits per heavy atom. The summed E-state index contributed by atoms with van der Waals surface area (Å²) in [7, 11) is 0. The average Bonchev–Trinajstić information content (AvgIpc) is 2.53. The van der Waals surface area contributed by atoms with Crippen molar-refractivity contribution in [1.82, 2.24) is 0 Å². The maximum atomic E-state index is 5.52. The van der Waals surface area contributed by atoms with Gasteiger partial charge in [-0.2, -0.15) is 0 Å². The molecule has 1 aliphatic heterocycles. The van der Waals surface area contributed by atoms with Crippen LogP contribution in [-0.2, 0) is 4.74 Å². The molecule has 0 amide bonds. The Balaban J connectivity index is 2.19. The number of hydrogen-bond donors (Lipinski definition) is 0. The predicted molar refractivity (Wildman–Crippen MR) is 49.2 cm³/mol. The second-order valence-corrected chi connectivity index (χ2v) is 3.38. The van der Waals surface area contributed by atoms with Gasteiger partial charge in [-0.25, -0.2) is 0 Å². The van der Waals surface area contributed by atoms with Crippen LogP contribution >= 0.6 is 0 Å². The van der Waals surface area contributed by atoms with Crippen molar-refractivity contribution < 1.29 is 4.74 Å². The van der Waals surface area contributed by atoms with E-state index >= 15 is 0 Å². The van der Waals surface area contributed by atoms with Crippen LogP contribution in [0.1, 0.15) is 24.8 Å². The molecular formula is C11H14O. The average molecular weight is 162 g/mol. The molecule has 64 valence electrons. The molecule has 0 N–H and O–H groups in total. The first-order valence-electron chi connectivity index (χ1n) is 4.54. The summed E-state index contributed by atoms with van der Waals surface area (Å²) < 4.78 is 5.52. The fourth-order valence-corrected chi connectivity index (χ4v) is 1.87. The zero-order chi connectivity index (χ0) is 8.39. The third-order valence-electron chi connectivity index (χ3n) is 2.60. The monoisotopic (exact) mass is 162 g/mol. The van der Waals surface area contributed by atoms with Crippen LogP contribution in [0.5, 0.6) is 0 Å². The van der Waals surface area contributed by atoms with Crippen LogP contribution in [0.4, 0.5) is 0 Å². The molecule has 1 aliphatic rings. The Labute approximate surface area is 73.4 Å². The molecule has 1 saturated heterocycles. The molecule has 1 heteroatoms. The molecule has 1 heterocycles. The van der Waals surface area contributed by atoms with Gasteiger partial charge in [0.05, 0.1) is 6.10 Å². The van der Waals surface area contributed by atoms with Gasteiger partial charge in [0.1, 0.15) is 0 Å². The minimum absolute atomic E-state index is 0.396. The Kier molecular flexibility index (Phi) is 2.13. The fraction of sp³-hybridized carbons (Fsp3) is 0.455. The van der Waals surface area contributed by atoms with E-state index in [0.29, 0.717) is 12.0 Å². The van der Waals surface area contributed by atoms with E-state index in [1.54, 1.807) is 0 Å². The van der Waals surface area contributed by atoms with Crippen LogP contribution in [0.15, 0.2) is 30.3 Å². The molecule has 0 aliphatic carbocycles. The topological polar surface area (TPSA) is 9.23 Å². The second-order valence-electron chi connectivity index (χ2n) is 3.38. The van der Waals surface area contributed by atoms with Crippen molar-refractivity contribution in [3.8, 4) is 0 Å². The molecule has 1 fully saturated rings. The molecule has 12 heavy (non-hydrogen) atoms. The lowest BCUT2D eigenvalue weighted by molar-refractivity contribution is 0.118. The van der Waals surface area contributed by atoms with Crippen LogP contribution in [-0.4, -0.2) is 12.7 Å². The SMILES string of the molecule is C[C@H]1OCC[C@@H]1c1ccccc1. The van der Waals surface area contributed by atoms with E-state index in [9.17, 15) is 0 Å². The Morgan fingerprint density at radius 2 is 2.00 bits per heavy atom. The van der Waals surface area contributed by atoms with Crippen LogP contribution in [0, 0.1) is 0 Å². The van der Waals surface area contributed by atoms with Crippen LogP contribution in [0.3, 0.4) is 0 Å². The molecule has 0 spiro atoms. The van der Waals surface area contributed by atoms with Gasteiger partial charge in [0, 0.05) is 12.5 Å². The first kappa shape index (κ1) is 7.81. The van der Waals surface area contributed by atoms with E-state index in [0.717, 1.165) is 6.61 Å². The number of rotatable bonds is 1. The highest BCUT2D eigenvalue weighted by Crippen LogP contribution is 2.30. The van der Waals surface area contributed by atoms with Crippen molar-refractivity contribution in [2.45, 2.75) is 25.4 Å². The molecule has 0 saturated carbocycles. The minimum Gasteiger partial charge on any atom is -0.378 e. The van der Waals surface area contributed by atoms with Gasteiger partial charge in [-0.05, 0) is 18.9 Å². The van der Waals surface area contributed by atoms with Crippen molar-refractivity contribution >= 4 is 0 Å². The van der Waals surface area contributed by atoms with Crippen LogP contribution in [0.25, 0.3) is 0 Å². The maximum absolute atomic E-state index is 5.52. The summed E-state index contributed by atoms with van der Waals surface area (Å²) in [6.07, 6.45) is 1.57. The summed E-state index contributed by atoms with van der Waals surface area (Å²) in [6.45, 7) is 3.07. The first-order valence-corrected chi connectivity index (χ1v) is 4.54. The summed E-state index contributed by atoms with van der Waals surface area (Å²) in [6, 6.07) is 10.6. The summed E-state index contributed by atoms with van der Waals surface area (Å²) >= 11 is 0. The van der Waals surface area contributed by atoms with Crippen molar-refractivity contribution in [2.75, 3.05) is 6.61 Å². The molecule has 2 rings (SSSR count). The normalized spacial score (nSPS) is 29.1. The predicted octanol–water partition coefficient (Wildman–Crippen LogP) is 2.58. The lowest BCUT2D eigenvalue weighted by Gasteiger charge is -2.13. The maximum Gasteiger partial charge on any atom is 0.0616 e. The van der Waals surface area contributed by atoms with Gasteiger partial charge in [-0.1, -0.05) is 30.3 Å². The zero-order valence-electron chi connectivity index (χ0n) is 7.36. The molecular weight excluding hydrogens is 148 g/mol. The summed E-state index contributed by atoms with van der Waals surface area (Å²) in [4.78, 5) is 0. The fourth-order valence-electron chi connectivity index (χ4n) is 1.87. The van der Waals surface area contributed by atoms with Crippen molar-refractivity contribution in [2.24, 2.45) is 0 Å². The minimum atomic E-state index is 0.396. The van der Waals surface area contributed by atoms with E-state index in [1.165, 1.54) is 12.0 Å². The van der Waals surface area contributed by atoms with E-state index < -0.39 is 0 Å². The van der Waals surface area contributed by atoms with Gasteiger partial charge in [-0.3, -0.25) is 0 Å². The Bertz CT molecular complexity index is 242. The van der Waals surface area contributed by atoms with E-state index in [2.05, 4.69) is 37.3 Å². The molecule has 2 atom stereocenters. The molecule has 0 unspecified atom stereocenters. The second kappa shape index (κ2) is 3.28. The Hall–Kier alpha value is -0.820. The third-order valence-corrected chi connectivity index (χ3v) is 2.60. The largest absolute Gasteiger partial charge is 0.378 e. The molecule has 0 bridgehead atoms. The van der Waals surface area contributed by atoms with Gasteiger partial charge in [0.2, 0.25) is 0 Å². The van der Waals surface area contributed by atoms with E-state index in [1.807, 2.05) is 0 Å². The summed E-state index contributed by atoms with van der Waals surface area (Å²) in [5.41, 5.74) is 1.42. The number of benzene rings is 1. The number of ether oxygens (including phenoxy) is 1. The van der Waals surface area contributed by atoms with Gasteiger partial charge in [0.15, 0.2) is 0 Å². The molecule has 1 aromatic carbocycles. The lowest BCUT2D eigenvalue weighted by atomic mass is 9.94. The van der Waals surface area contributed by atoms with Gasteiger partial charge in [-0.15, -0.1) is 0 Å². The molecule has 1 aromatic rings. The van der Waals surface area contributed by atoms with Gasteiger partial charge < -0.3 is 4.74 Å². The standard InChI is InChI=1S/C11H14O/c1-9-11(7-8-12-9)10-5-3-2-4-6-10/h2-6,9,11H,7-8H2,1H3/t9-,11+/m1/s1. The Morgan fingerprint density at radius 1 is 1.25 bits per heavy atom. The number of hydrogen-bond acceptors (Lipinski definition) is 1. The third kappa shape index (κ3) is 1.37. The molecule has 0 radical (unpaired) electrons. The van der Waals surface area contributed by atoms with Crippen molar-refractivity contribution in [3.63, 3.8) is 0 Å². The zero-order valence-corrected chi connectivity index (χ0v) is 7.36. The van der Waals surface area contributed by atoms with Crippen LogP contribution < -0.4 is 0 Å². The van der Waals surface area contributed by atoms with Gasteiger partial charge in [0.25, 0.3) is 0 Å². The molecule has 0 aromatic heterocycles. The highest BCUT2D eigenvalue weighted by Gasteiger charge is 2.24. The van der Waals surface area contributed by atoms with Crippen molar-refractivity contribution in [1.29, 1.82) is 0 Å². The smallest absolute Gasteiger partial charge is 0.0616 e. The first-order chi connectivity index (χ1) is 5.88. The summed E-state index contributed by atoms with van der Waals surface area (Å²) in [5, 5.41) is 0. The highest BCUT2D eigenvalue weighted by atomic mass is 16.5. The van der Waals surface area contributed by atoms with E-state index in [4.69, 9.17) is 4.74 Å². The van der Waals surface area contributed by atoms with Crippen molar-refractivity contribution in [3.05, 3.63) is 35.9 Å². The highest BCUT2D eigenvalue weighted by molar-refractivity contribution is 5.21. The van der Waals surface area contributed by atoms with E-state index in [-0.39, 0.29) is 0 Å². The quantitative estimate of drug-likeness (QED) is 0.616. The molecule has 1 nitrogen and oxygen atoms in total. The van der Waals surface area contributed by atoms with Gasteiger partial charge >= 0.3 is 0 Å². The van der Waals surface area contributed by atoms with Crippen LogP contribution in [0.2, 0.25) is 0 Å². The summed E-state index contributed by atoms with van der Waals surface area (Å²) in [5.74, 6) is 0.617. The lowest BCUT2D eigenvalue weighted by Crippen LogP contribution is -2.08.